The summed E-state index contributed by atoms with van der Waals surface area (Å²) in [6, 6.07) is 0. The number of nitrogens with zero attached hydrogens (tertiary/aromatic N) is 1. The summed E-state index contributed by atoms with van der Waals surface area (Å²) in [4.78, 5) is 5.38. The molecule has 3 heteroatoms. The molecule has 0 aliphatic heterocycles. The fraction of sp³-hybridized carbons (Fsp3) is 0.667. The number of nitrogens with one attached hydrogen (secondary N) is 1. The van der Waals surface area contributed by atoms with E-state index in [0.717, 1.165) is 6.54 Å². The normalized spacial score (nSPS) is 20.4. The Bertz CT molecular complexity index is 239. The van der Waals surface area contributed by atoms with Gasteiger partial charge in [0.25, 0.3) is 0 Å². The van der Waals surface area contributed by atoms with Gasteiger partial charge in [-0.1, -0.05) is 0 Å². The third-order valence-electron chi connectivity index (χ3n) is 2.63. The Balaban J connectivity index is 1.82. The van der Waals surface area contributed by atoms with Crippen LogP contribution in [0.2, 0.25) is 0 Å². The van der Waals surface area contributed by atoms with Crippen LogP contribution in [0, 0.1) is 0 Å². The first-order valence-corrected chi connectivity index (χ1v) is 5.29. The third-order valence-corrected chi connectivity index (χ3v) is 3.41. The number of hydrogen-bond acceptors (Lipinski definition) is 3. The Labute approximate surface area is 77.0 Å². The van der Waals surface area contributed by atoms with Crippen LogP contribution in [-0.4, -0.2) is 10.5 Å². The van der Waals surface area contributed by atoms with Gasteiger partial charge in [0.1, 0.15) is 0 Å². The molecular weight excluding hydrogens is 168 g/mol. The summed E-state index contributed by atoms with van der Waals surface area (Å²) >= 11 is 1.72. The molecular formula is C9H14N2S. The van der Waals surface area contributed by atoms with Crippen molar-refractivity contribution in [3.8, 4) is 0 Å². The lowest BCUT2D eigenvalue weighted by atomic mass is 9.78. The SMILES string of the molecule is CC1(NCc2cncs2)CCC1. The molecule has 12 heavy (non-hydrogen) atoms. The van der Waals surface area contributed by atoms with Crippen molar-refractivity contribution in [3.63, 3.8) is 0 Å². The molecule has 0 atom stereocenters. The Kier molecular flexibility index (Phi) is 2.15. The van der Waals surface area contributed by atoms with Crippen molar-refractivity contribution in [3.05, 3.63) is 16.6 Å². The quantitative estimate of drug-likeness (QED) is 0.775. The molecule has 0 saturated heterocycles. The molecule has 1 aromatic rings. The van der Waals surface area contributed by atoms with Gasteiger partial charge in [0, 0.05) is 23.2 Å². The maximum atomic E-state index is 4.05. The van der Waals surface area contributed by atoms with E-state index >= 15 is 0 Å². The van der Waals surface area contributed by atoms with E-state index in [1.807, 2.05) is 11.7 Å². The molecule has 2 nitrogen and oxygen atoms in total. The van der Waals surface area contributed by atoms with E-state index in [1.165, 1.54) is 24.1 Å². The first-order valence-electron chi connectivity index (χ1n) is 4.41. The van der Waals surface area contributed by atoms with Gasteiger partial charge in [0.15, 0.2) is 0 Å². The van der Waals surface area contributed by atoms with Gasteiger partial charge < -0.3 is 5.32 Å². The molecule has 0 unspecified atom stereocenters. The summed E-state index contributed by atoms with van der Waals surface area (Å²) in [7, 11) is 0. The molecule has 0 bridgehead atoms. The zero-order valence-electron chi connectivity index (χ0n) is 7.34. The number of hydrogen-bond donors (Lipinski definition) is 1. The molecule has 1 aliphatic rings. The highest BCUT2D eigenvalue weighted by atomic mass is 32.1. The lowest BCUT2D eigenvalue weighted by Gasteiger charge is -2.39. The van der Waals surface area contributed by atoms with Crippen LogP contribution in [0.1, 0.15) is 31.1 Å². The number of thiazole rings is 1. The Morgan fingerprint density at radius 3 is 3.00 bits per heavy atom. The Morgan fingerprint density at radius 1 is 1.67 bits per heavy atom. The topological polar surface area (TPSA) is 24.9 Å². The summed E-state index contributed by atoms with van der Waals surface area (Å²) in [5, 5.41) is 3.57. The van der Waals surface area contributed by atoms with Crippen LogP contribution in [0.5, 0.6) is 0 Å². The monoisotopic (exact) mass is 182 g/mol. The van der Waals surface area contributed by atoms with Gasteiger partial charge in [0.05, 0.1) is 5.51 Å². The average molecular weight is 182 g/mol. The van der Waals surface area contributed by atoms with Crippen LogP contribution in [-0.2, 0) is 6.54 Å². The molecule has 0 amide bonds. The van der Waals surface area contributed by atoms with Gasteiger partial charge in [0.2, 0.25) is 0 Å². The van der Waals surface area contributed by atoms with Crippen LogP contribution in [0.15, 0.2) is 11.7 Å². The van der Waals surface area contributed by atoms with Crippen LogP contribution < -0.4 is 5.32 Å². The van der Waals surface area contributed by atoms with Gasteiger partial charge in [-0.25, -0.2) is 0 Å². The zero-order chi connectivity index (χ0) is 8.44. The molecule has 0 aromatic carbocycles. The largest absolute Gasteiger partial charge is 0.307 e. The van der Waals surface area contributed by atoms with Crippen molar-refractivity contribution in [2.24, 2.45) is 0 Å². The highest BCUT2D eigenvalue weighted by Gasteiger charge is 2.30. The van der Waals surface area contributed by atoms with Gasteiger partial charge in [-0.2, -0.15) is 0 Å². The Hall–Kier alpha value is -0.410. The highest BCUT2D eigenvalue weighted by Crippen LogP contribution is 2.31. The van der Waals surface area contributed by atoms with E-state index in [-0.39, 0.29) is 0 Å². The smallest absolute Gasteiger partial charge is 0.0794 e. The summed E-state index contributed by atoms with van der Waals surface area (Å²) in [6.07, 6.45) is 5.98. The van der Waals surface area contributed by atoms with Gasteiger partial charge >= 0.3 is 0 Å². The number of rotatable bonds is 3. The van der Waals surface area contributed by atoms with E-state index in [4.69, 9.17) is 0 Å². The zero-order valence-corrected chi connectivity index (χ0v) is 8.16. The van der Waals surface area contributed by atoms with Crippen molar-refractivity contribution in [2.75, 3.05) is 0 Å². The first kappa shape index (κ1) is 8.20. The van der Waals surface area contributed by atoms with Crippen molar-refractivity contribution >= 4 is 11.3 Å². The second-order valence-electron chi connectivity index (χ2n) is 3.74. The lowest BCUT2D eigenvalue weighted by Crippen LogP contribution is -2.47. The first-order chi connectivity index (χ1) is 5.79. The summed E-state index contributed by atoms with van der Waals surface area (Å²) in [6.45, 7) is 3.29. The van der Waals surface area contributed by atoms with E-state index in [0.29, 0.717) is 5.54 Å². The van der Waals surface area contributed by atoms with E-state index in [9.17, 15) is 0 Å². The molecule has 1 saturated carbocycles. The molecule has 1 N–H and O–H groups in total. The fourth-order valence-corrected chi connectivity index (χ4v) is 2.05. The fourth-order valence-electron chi connectivity index (χ4n) is 1.51. The number of aromatic nitrogens is 1. The molecule has 0 spiro atoms. The van der Waals surface area contributed by atoms with Gasteiger partial charge in [-0.15, -0.1) is 11.3 Å². The Morgan fingerprint density at radius 2 is 2.50 bits per heavy atom. The third kappa shape index (κ3) is 1.67. The minimum Gasteiger partial charge on any atom is -0.307 e. The van der Waals surface area contributed by atoms with Gasteiger partial charge in [-0.05, 0) is 26.2 Å². The maximum absolute atomic E-state index is 4.05. The minimum atomic E-state index is 0.421. The molecule has 1 fully saturated rings. The van der Waals surface area contributed by atoms with E-state index in [2.05, 4.69) is 17.2 Å². The maximum Gasteiger partial charge on any atom is 0.0794 e. The molecule has 0 radical (unpaired) electrons. The minimum absolute atomic E-state index is 0.421. The van der Waals surface area contributed by atoms with Crippen molar-refractivity contribution in [1.29, 1.82) is 0 Å². The van der Waals surface area contributed by atoms with Crippen molar-refractivity contribution in [1.82, 2.24) is 10.3 Å². The molecule has 2 rings (SSSR count). The predicted octanol–water partition coefficient (Wildman–Crippen LogP) is 2.18. The predicted molar refractivity (Wildman–Crippen MR) is 51.2 cm³/mol. The lowest BCUT2D eigenvalue weighted by molar-refractivity contribution is 0.207. The average Bonchev–Trinajstić information content (AvgIpc) is 2.49. The molecule has 1 heterocycles. The molecule has 66 valence electrons. The molecule has 1 aliphatic carbocycles. The van der Waals surface area contributed by atoms with Crippen LogP contribution in [0.3, 0.4) is 0 Å². The molecule has 1 aromatic heterocycles. The second-order valence-corrected chi connectivity index (χ2v) is 4.71. The van der Waals surface area contributed by atoms with Crippen LogP contribution in [0.25, 0.3) is 0 Å². The summed E-state index contributed by atoms with van der Waals surface area (Å²) < 4.78 is 0. The summed E-state index contributed by atoms with van der Waals surface area (Å²) in [5.74, 6) is 0. The van der Waals surface area contributed by atoms with Gasteiger partial charge in [-0.3, -0.25) is 4.98 Å². The van der Waals surface area contributed by atoms with Crippen LogP contribution in [0.4, 0.5) is 0 Å². The summed E-state index contributed by atoms with van der Waals surface area (Å²) in [5.41, 5.74) is 2.31. The van der Waals surface area contributed by atoms with E-state index < -0.39 is 0 Å². The van der Waals surface area contributed by atoms with Crippen molar-refractivity contribution < 1.29 is 0 Å². The highest BCUT2D eigenvalue weighted by molar-refractivity contribution is 7.09. The van der Waals surface area contributed by atoms with Crippen LogP contribution >= 0.6 is 11.3 Å². The van der Waals surface area contributed by atoms with E-state index in [1.54, 1.807) is 11.3 Å². The second kappa shape index (κ2) is 3.15. The standard InChI is InChI=1S/C9H14N2S/c1-9(3-2-4-9)11-6-8-5-10-7-12-8/h5,7,11H,2-4,6H2,1H3. The van der Waals surface area contributed by atoms with Crippen molar-refractivity contribution in [2.45, 2.75) is 38.3 Å².